The van der Waals surface area contributed by atoms with Crippen LogP contribution in [0, 0.1) is 0 Å². The van der Waals surface area contributed by atoms with Crippen molar-refractivity contribution in [3.63, 3.8) is 0 Å². The highest BCUT2D eigenvalue weighted by Crippen LogP contribution is 2.41. The third kappa shape index (κ3) is 4.72. The zero-order valence-corrected chi connectivity index (χ0v) is 17.1. The highest BCUT2D eigenvalue weighted by atomic mass is 35.5. The Bertz CT molecular complexity index is 923. The number of halogens is 1. The molecule has 3 rings (SSSR count). The van der Waals surface area contributed by atoms with Crippen LogP contribution in [0.2, 0.25) is 5.02 Å². The SMILES string of the molecule is COC(=O)CCC(=O)NCC1Cc2cc(-c3ccc(C(C)=O)s3)cc(Cl)c2O1. The second kappa shape index (κ2) is 8.75. The van der Waals surface area contributed by atoms with Gasteiger partial charge in [0.1, 0.15) is 11.9 Å². The zero-order valence-electron chi connectivity index (χ0n) is 15.5. The van der Waals surface area contributed by atoms with Gasteiger partial charge in [0.25, 0.3) is 0 Å². The Labute approximate surface area is 171 Å². The first kappa shape index (κ1) is 20.4. The predicted molar refractivity (Wildman–Crippen MR) is 107 cm³/mol. The van der Waals surface area contributed by atoms with E-state index in [2.05, 4.69) is 10.1 Å². The minimum atomic E-state index is -0.416. The van der Waals surface area contributed by atoms with Crippen LogP contribution in [0.4, 0.5) is 0 Å². The van der Waals surface area contributed by atoms with Crippen LogP contribution in [0.1, 0.15) is 35.0 Å². The summed E-state index contributed by atoms with van der Waals surface area (Å²) < 4.78 is 10.4. The molecule has 1 amide bonds. The summed E-state index contributed by atoms with van der Waals surface area (Å²) in [7, 11) is 1.29. The minimum absolute atomic E-state index is 0.0369. The molecule has 0 saturated heterocycles. The zero-order chi connectivity index (χ0) is 20.3. The fourth-order valence-corrected chi connectivity index (χ4v) is 4.13. The average Bonchev–Trinajstić information content (AvgIpc) is 3.31. The van der Waals surface area contributed by atoms with Gasteiger partial charge in [0, 0.05) is 23.3 Å². The molecule has 0 fully saturated rings. The minimum Gasteiger partial charge on any atom is -0.486 e. The third-order valence-corrected chi connectivity index (χ3v) is 5.92. The lowest BCUT2D eigenvalue weighted by molar-refractivity contribution is -0.142. The van der Waals surface area contributed by atoms with E-state index in [1.54, 1.807) is 6.92 Å². The van der Waals surface area contributed by atoms with Gasteiger partial charge in [0.2, 0.25) is 5.91 Å². The number of carbonyl (C=O) groups is 3. The van der Waals surface area contributed by atoms with Crippen LogP contribution in [-0.4, -0.2) is 37.4 Å². The van der Waals surface area contributed by atoms with Crippen molar-refractivity contribution in [1.29, 1.82) is 0 Å². The van der Waals surface area contributed by atoms with Crippen LogP contribution < -0.4 is 10.1 Å². The summed E-state index contributed by atoms with van der Waals surface area (Å²) in [5.41, 5.74) is 1.90. The first-order valence-corrected chi connectivity index (χ1v) is 10.0. The quantitative estimate of drug-likeness (QED) is 0.545. The number of methoxy groups -OCH3 is 1. The van der Waals surface area contributed by atoms with Crippen molar-refractivity contribution in [2.24, 2.45) is 0 Å². The largest absolute Gasteiger partial charge is 0.486 e. The van der Waals surface area contributed by atoms with E-state index >= 15 is 0 Å². The normalized spacial score (nSPS) is 14.9. The van der Waals surface area contributed by atoms with Crippen molar-refractivity contribution in [2.45, 2.75) is 32.3 Å². The smallest absolute Gasteiger partial charge is 0.306 e. The van der Waals surface area contributed by atoms with Crippen molar-refractivity contribution in [3.8, 4) is 16.2 Å². The number of nitrogens with one attached hydrogen (secondary N) is 1. The van der Waals surface area contributed by atoms with Crippen molar-refractivity contribution in [3.05, 3.63) is 39.7 Å². The highest BCUT2D eigenvalue weighted by Gasteiger charge is 2.26. The molecule has 1 aromatic carbocycles. The molecular formula is C20H20ClNO5S. The van der Waals surface area contributed by atoms with E-state index in [1.807, 2.05) is 24.3 Å². The molecule has 1 atom stereocenters. The monoisotopic (exact) mass is 421 g/mol. The maximum Gasteiger partial charge on any atom is 0.306 e. The molecule has 1 aliphatic rings. The highest BCUT2D eigenvalue weighted by molar-refractivity contribution is 7.17. The first-order valence-electron chi connectivity index (χ1n) is 8.81. The number of amides is 1. The van der Waals surface area contributed by atoms with Gasteiger partial charge in [-0.1, -0.05) is 11.6 Å². The number of Topliss-reactive ketones (excluding diaryl/α,β-unsaturated/α-hetero) is 1. The van der Waals surface area contributed by atoms with Crippen molar-refractivity contribution in [2.75, 3.05) is 13.7 Å². The van der Waals surface area contributed by atoms with Crippen LogP contribution in [0.3, 0.4) is 0 Å². The lowest BCUT2D eigenvalue weighted by Gasteiger charge is -2.12. The van der Waals surface area contributed by atoms with Gasteiger partial charge in [-0.15, -0.1) is 11.3 Å². The third-order valence-electron chi connectivity index (χ3n) is 4.40. The molecule has 8 heteroatoms. The molecule has 0 aliphatic carbocycles. The van der Waals surface area contributed by atoms with Crippen molar-refractivity contribution < 1.29 is 23.9 Å². The molecule has 6 nitrogen and oxygen atoms in total. The Hall–Kier alpha value is -2.38. The lowest BCUT2D eigenvalue weighted by Crippen LogP contribution is -2.34. The molecule has 1 aromatic heterocycles. The van der Waals surface area contributed by atoms with Crippen molar-refractivity contribution >= 4 is 40.6 Å². The molecular weight excluding hydrogens is 402 g/mol. The molecule has 0 bridgehead atoms. The Morgan fingerprint density at radius 2 is 2.07 bits per heavy atom. The second-order valence-electron chi connectivity index (χ2n) is 6.49. The Balaban J connectivity index is 1.62. The molecule has 1 N–H and O–H groups in total. The molecule has 148 valence electrons. The standard InChI is InChI=1S/C20H20ClNO5S/c1-11(23)16-3-4-17(28-16)12-7-13-8-14(27-20(13)15(21)9-12)10-22-18(24)5-6-19(25)26-2/h3-4,7,9,14H,5-6,8,10H2,1-2H3,(H,22,24). The molecule has 28 heavy (non-hydrogen) atoms. The molecule has 0 saturated carbocycles. The summed E-state index contributed by atoms with van der Waals surface area (Å²) in [5, 5.41) is 3.27. The average molecular weight is 422 g/mol. The Morgan fingerprint density at radius 3 is 2.75 bits per heavy atom. The first-order chi connectivity index (χ1) is 13.4. The van der Waals surface area contributed by atoms with Crippen LogP contribution in [-0.2, 0) is 20.7 Å². The number of ether oxygens (including phenoxy) is 2. The van der Waals surface area contributed by atoms with Crippen LogP contribution >= 0.6 is 22.9 Å². The van der Waals surface area contributed by atoms with E-state index in [1.165, 1.54) is 18.4 Å². The van der Waals surface area contributed by atoms with Crippen LogP contribution in [0.25, 0.3) is 10.4 Å². The summed E-state index contributed by atoms with van der Waals surface area (Å²) >= 11 is 7.83. The number of ketones is 1. The number of esters is 1. The van der Waals surface area contributed by atoms with Gasteiger partial charge in [-0.3, -0.25) is 14.4 Å². The predicted octanol–water partition coefficient (Wildman–Crippen LogP) is 3.64. The van der Waals surface area contributed by atoms with E-state index < -0.39 is 5.97 Å². The maximum atomic E-state index is 11.8. The molecule has 1 aliphatic heterocycles. The molecule has 2 heterocycles. The van der Waals surface area contributed by atoms with Crippen LogP contribution in [0.15, 0.2) is 24.3 Å². The molecule has 1 unspecified atom stereocenters. The number of rotatable bonds is 7. The van der Waals surface area contributed by atoms with E-state index in [9.17, 15) is 14.4 Å². The number of fused-ring (bicyclic) bond motifs is 1. The number of carbonyl (C=O) groups excluding carboxylic acids is 3. The Kier molecular flexibility index (Phi) is 6.36. The summed E-state index contributed by atoms with van der Waals surface area (Å²) in [6.07, 6.45) is 0.520. The van der Waals surface area contributed by atoms with Gasteiger partial charge in [0.15, 0.2) is 5.78 Å². The van der Waals surface area contributed by atoms with Gasteiger partial charge < -0.3 is 14.8 Å². The lowest BCUT2D eigenvalue weighted by atomic mass is 10.1. The summed E-state index contributed by atoms with van der Waals surface area (Å²) in [5.74, 6) is 0.0185. The summed E-state index contributed by atoms with van der Waals surface area (Å²) in [6, 6.07) is 7.56. The van der Waals surface area contributed by atoms with Gasteiger partial charge in [-0.2, -0.15) is 0 Å². The van der Waals surface area contributed by atoms with Gasteiger partial charge >= 0.3 is 5.97 Å². The molecule has 2 aromatic rings. The number of hydrogen-bond donors (Lipinski definition) is 1. The summed E-state index contributed by atoms with van der Waals surface area (Å²) in [6.45, 7) is 1.87. The van der Waals surface area contributed by atoms with Gasteiger partial charge in [0.05, 0.1) is 30.0 Å². The fourth-order valence-electron chi connectivity index (χ4n) is 2.96. The molecule has 0 radical (unpaired) electrons. The van der Waals surface area contributed by atoms with E-state index in [4.69, 9.17) is 16.3 Å². The number of thiophene rings is 1. The topological polar surface area (TPSA) is 81.7 Å². The van der Waals surface area contributed by atoms with Crippen LogP contribution in [0.5, 0.6) is 5.75 Å². The molecule has 0 spiro atoms. The second-order valence-corrected chi connectivity index (χ2v) is 7.98. The number of hydrogen-bond acceptors (Lipinski definition) is 6. The fraction of sp³-hybridized carbons (Fsp3) is 0.350. The van der Waals surface area contributed by atoms with Crippen molar-refractivity contribution in [1.82, 2.24) is 5.32 Å². The van der Waals surface area contributed by atoms with Gasteiger partial charge in [-0.05, 0) is 36.8 Å². The summed E-state index contributed by atoms with van der Waals surface area (Å²) in [4.78, 5) is 36.1. The van der Waals surface area contributed by atoms with E-state index in [-0.39, 0.29) is 30.6 Å². The maximum absolute atomic E-state index is 11.8. The number of benzene rings is 1. The van der Waals surface area contributed by atoms with E-state index in [0.717, 1.165) is 16.0 Å². The van der Waals surface area contributed by atoms with E-state index in [0.29, 0.717) is 28.6 Å². The Morgan fingerprint density at radius 1 is 1.29 bits per heavy atom. The van der Waals surface area contributed by atoms with Gasteiger partial charge in [-0.25, -0.2) is 0 Å².